The fraction of sp³-hybridized carbons (Fsp3) is 0.297. The lowest BCUT2D eigenvalue weighted by atomic mass is 10.0. The van der Waals surface area contributed by atoms with Gasteiger partial charge in [0.25, 0.3) is 0 Å². The van der Waals surface area contributed by atoms with E-state index in [0.717, 1.165) is 93.6 Å². The summed E-state index contributed by atoms with van der Waals surface area (Å²) in [5.74, 6) is 0.305. The van der Waals surface area contributed by atoms with Gasteiger partial charge in [-0.1, -0.05) is 5.57 Å². The van der Waals surface area contributed by atoms with Crippen molar-refractivity contribution in [1.82, 2.24) is 34.7 Å². The summed E-state index contributed by atoms with van der Waals surface area (Å²) < 4.78 is 46.7. The molecule has 0 amide bonds. The fourth-order valence-electron chi connectivity index (χ4n) is 6.63. The molecule has 0 atom stereocenters. The zero-order valence-corrected chi connectivity index (χ0v) is 29.2. The molecule has 0 saturated carbocycles. The quantitative estimate of drug-likeness (QED) is 0.0998. The molecule has 5 N–H and O–H groups in total. The third kappa shape index (κ3) is 7.30. The molecule has 3 aliphatic rings. The Morgan fingerprint density at radius 1 is 1.12 bits per heavy atom. The second-order valence-electron chi connectivity index (χ2n) is 13.2. The number of ether oxygens (including phenoxy) is 1. The van der Waals surface area contributed by atoms with E-state index < -0.39 is 15.8 Å². The summed E-state index contributed by atoms with van der Waals surface area (Å²) in [7, 11) is -3.44. The molecule has 3 aromatic heterocycles. The van der Waals surface area contributed by atoms with Gasteiger partial charge in [-0.2, -0.15) is 5.10 Å². The van der Waals surface area contributed by atoms with Crippen LogP contribution in [0.1, 0.15) is 32.3 Å². The van der Waals surface area contributed by atoms with Crippen molar-refractivity contribution in [2.45, 2.75) is 33.2 Å². The normalized spacial score (nSPS) is 16.5. The number of aromatic nitrogens is 4. The van der Waals surface area contributed by atoms with E-state index in [9.17, 15) is 12.8 Å². The summed E-state index contributed by atoms with van der Waals surface area (Å²) in [5.41, 5.74) is 14.4. The molecule has 11 nitrogen and oxygen atoms in total. The highest BCUT2D eigenvalue weighted by Gasteiger charge is 2.34. The number of nitrogens with one attached hydrogen (secondary N) is 3. The molecule has 13 heteroatoms. The topological polar surface area (TPSA) is 145 Å². The van der Waals surface area contributed by atoms with Gasteiger partial charge in [0, 0.05) is 42.0 Å². The Kier molecular flexibility index (Phi) is 9.21. The first-order valence-electron chi connectivity index (χ1n) is 16.7. The first-order valence-corrected chi connectivity index (χ1v) is 18.6. The molecular weight excluding hydrogens is 656 g/mol. The highest BCUT2D eigenvalue weighted by molar-refractivity contribution is 7.88. The smallest absolute Gasteiger partial charge is 0.209 e. The van der Waals surface area contributed by atoms with Gasteiger partial charge in [0.2, 0.25) is 10.0 Å². The van der Waals surface area contributed by atoms with Crippen LogP contribution in [0.25, 0.3) is 45.2 Å². The average molecular weight is 697 g/mol. The van der Waals surface area contributed by atoms with Crippen LogP contribution in [-0.2, 0) is 21.3 Å². The maximum absolute atomic E-state index is 14.7. The molecule has 0 spiro atoms. The second-order valence-corrected chi connectivity index (χ2v) is 15.0. The zero-order valence-electron chi connectivity index (χ0n) is 28.4. The minimum Gasteiger partial charge on any atom is -0.492 e. The molecule has 260 valence electrons. The zero-order chi connectivity index (χ0) is 35.0. The molecule has 6 heterocycles. The number of pyridine rings is 1. The molecule has 7 rings (SSSR count). The van der Waals surface area contributed by atoms with Gasteiger partial charge in [-0.15, -0.1) is 0 Å². The van der Waals surface area contributed by atoms with Crippen molar-refractivity contribution in [1.29, 1.82) is 0 Å². The fourth-order valence-corrected chi connectivity index (χ4v) is 7.06. The average Bonchev–Trinajstić information content (AvgIpc) is 3.38. The summed E-state index contributed by atoms with van der Waals surface area (Å²) in [5, 5.41) is 10.6. The van der Waals surface area contributed by atoms with Crippen molar-refractivity contribution in [3.05, 3.63) is 106 Å². The predicted molar refractivity (Wildman–Crippen MR) is 194 cm³/mol. The Labute approximate surface area is 290 Å². The second kappa shape index (κ2) is 13.7. The molecule has 2 saturated heterocycles. The van der Waals surface area contributed by atoms with Crippen LogP contribution in [0.3, 0.4) is 0 Å². The third-order valence-electron chi connectivity index (χ3n) is 9.00. The van der Waals surface area contributed by atoms with E-state index in [-0.39, 0.29) is 6.54 Å². The van der Waals surface area contributed by atoms with Gasteiger partial charge < -0.3 is 20.4 Å². The summed E-state index contributed by atoms with van der Waals surface area (Å²) in [4.78, 5) is 12.5. The lowest BCUT2D eigenvalue weighted by molar-refractivity contribution is 0.179. The number of hydrogen-bond acceptors (Lipinski definition) is 8. The van der Waals surface area contributed by atoms with Crippen LogP contribution in [0.4, 0.5) is 4.39 Å². The van der Waals surface area contributed by atoms with Crippen LogP contribution in [0.2, 0.25) is 0 Å². The van der Waals surface area contributed by atoms with Gasteiger partial charge in [0.15, 0.2) is 0 Å². The van der Waals surface area contributed by atoms with E-state index >= 15 is 0 Å². The molecule has 0 bridgehead atoms. The largest absolute Gasteiger partial charge is 0.492 e. The van der Waals surface area contributed by atoms with Crippen LogP contribution in [-0.4, -0.2) is 77.4 Å². The summed E-state index contributed by atoms with van der Waals surface area (Å²) >= 11 is 0. The van der Waals surface area contributed by atoms with Crippen molar-refractivity contribution < 1.29 is 17.5 Å². The van der Waals surface area contributed by atoms with E-state index in [1.54, 1.807) is 24.7 Å². The highest BCUT2D eigenvalue weighted by Crippen LogP contribution is 2.36. The summed E-state index contributed by atoms with van der Waals surface area (Å²) in [6, 6.07) is 6.50. The maximum Gasteiger partial charge on any atom is 0.209 e. The standard InChI is InChI=1S/C37H41FN8O3S/c1-23(2)12-28(49-11-10-45-8-4-5-9-45)16-26(18-39)34-7-6-31-36(35-22-46(34)35)37(44-43-31)32-17-29-30(20-40-21-33(29)42-32)25-13-24(14-27(38)15-25)19-41-50(3,47)48/h6-7,12-18,20-21,41-43H,4-5,8-11,19,22,39H2,1-3H3/b26-18+,28-16+. The van der Waals surface area contributed by atoms with Gasteiger partial charge in [0.05, 0.1) is 52.2 Å². The number of aromatic amines is 2. The van der Waals surface area contributed by atoms with Crippen molar-refractivity contribution in [2.24, 2.45) is 5.73 Å². The number of nitrogens with zero attached hydrogens (tertiary/aromatic N) is 4. The minimum atomic E-state index is -3.44. The molecule has 1 aromatic carbocycles. The maximum atomic E-state index is 14.7. The predicted octanol–water partition coefficient (Wildman–Crippen LogP) is 3.72. The third-order valence-corrected chi connectivity index (χ3v) is 9.67. The van der Waals surface area contributed by atoms with Gasteiger partial charge in [-0.3, -0.25) is 15.0 Å². The molecule has 2 fully saturated rings. The SMILES string of the molecule is CC(C)=C/C(=C\C(=C/N)C1=CC=c2[nH]nc(-c3cc4c(-c5cc(F)cc(CNS(C)(=O)=O)c5)cncc4[nH]3)c2=C2CN12)OCCN1CCCC1. The van der Waals surface area contributed by atoms with E-state index in [2.05, 4.69) is 43.4 Å². The van der Waals surface area contributed by atoms with E-state index in [0.29, 0.717) is 23.3 Å². The van der Waals surface area contributed by atoms with E-state index in [4.69, 9.17) is 15.6 Å². The lowest BCUT2D eigenvalue weighted by Gasteiger charge is -2.16. The van der Waals surface area contributed by atoms with Gasteiger partial charge >= 0.3 is 0 Å². The monoisotopic (exact) mass is 696 g/mol. The Balaban J connectivity index is 1.18. The number of H-pyrrole nitrogens is 2. The first kappa shape index (κ1) is 33.5. The Hall–Kier alpha value is -4.98. The Morgan fingerprint density at radius 2 is 1.94 bits per heavy atom. The number of fused-ring (bicyclic) bond motifs is 3. The molecule has 50 heavy (non-hydrogen) atoms. The van der Waals surface area contributed by atoms with Gasteiger partial charge in [0.1, 0.15) is 23.9 Å². The molecule has 0 radical (unpaired) electrons. The van der Waals surface area contributed by atoms with E-state index in [1.807, 2.05) is 30.4 Å². The van der Waals surface area contributed by atoms with Crippen molar-refractivity contribution in [3.63, 3.8) is 0 Å². The van der Waals surface area contributed by atoms with Crippen LogP contribution < -0.4 is 21.0 Å². The minimum absolute atomic E-state index is 0.0225. The number of nitrogens with two attached hydrogens (primary N) is 1. The molecular formula is C37H41FN8O3S. The number of allylic oxidation sites excluding steroid dienone is 4. The lowest BCUT2D eigenvalue weighted by Crippen LogP contribution is -2.24. The van der Waals surface area contributed by atoms with Crippen molar-refractivity contribution >= 4 is 32.7 Å². The van der Waals surface area contributed by atoms with E-state index in [1.165, 1.54) is 25.0 Å². The van der Waals surface area contributed by atoms with Crippen molar-refractivity contribution in [3.8, 4) is 22.5 Å². The number of sulfonamides is 1. The van der Waals surface area contributed by atoms with Crippen LogP contribution in [0, 0.1) is 5.82 Å². The van der Waals surface area contributed by atoms with Gasteiger partial charge in [-0.05, 0) is 99.5 Å². The number of rotatable bonds is 12. The molecule has 0 unspecified atom stereocenters. The van der Waals surface area contributed by atoms with Gasteiger partial charge in [-0.25, -0.2) is 17.5 Å². The Bertz CT molecular complexity index is 2320. The number of halogens is 1. The highest BCUT2D eigenvalue weighted by atomic mass is 32.2. The van der Waals surface area contributed by atoms with Crippen molar-refractivity contribution in [2.75, 3.05) is 39.0 Å². The first-order chi connectivity index (χ1) is 24.1. The van der Waals surface area contributed by atoms with Crippen LogP contribution in [0.15, 0.2) is 83.7 Å². The number of benzene rings is 1. The van der Waals surface area contributed by atoms with Crippen LogP contribution >= 0.6 is 0 Å². The Morgan fingerprint density at radius 3 is 2.70 bits per heavy atom. The van der Waals surface area contributed by atoms with Crippen LogP contribution in [0.5, 0.6) is 0 Å². The summed E-state index contributed by atoms with van der Waals surface area (Å²) in [6.45, 7) is 8.58. The molecule has 0 aliphatic carbocycles. The molecule has 4 aromatic rings. The summed E-state index contributed by atoms with van der Waals surface area (Å²) in [6.07, 6.45) is 16.7. The number of hydrogen-bond donors (Lipinski definition) is 4. The molecule has 3 aliphatic heterocycles. The number of likely N-dealkylation sites (tertiary alicyclic amines) is 1.